The van der Waals surface area contributed by atoms with E-state index >= 15 is 0 Å². The molecule has 17 heteroatoms. The van der Waals surface area contributed by atoms with Gasteiger partial charge in [-0.05, 0) is 31.2 Å². The first kappa shape index (κ1) is 35.1. The molecule has 15 N–H and O–H groups in total. The van der Waals surface area contributed by atoms with Gasteiger partial charge in [-0.1, -0.05) is 30.3 Å². The summed E-state index contributed by atoms with van der Waals surface area (Å²) in [6.45, 7) is 0.353. The van der Waals surface area contributed by atoms with Gasteiger partial charge in [0.2, 0.25) is 17.7 Å². The molecule has 1 aromatic carbocycles. The van der Waals surface area contributed by atoms with Crippen LogP contribution in [0.3, 0.4) is 0 Å². The molecule has 0 aliphatic heterocycles. The van der Waals surface area contributed by atoms with E-state index in [9.17, 15) is 29.1 Å². The Morgan fingerprint density at radius 1 is 0.714 bits per heavy atom. The molecule has 17 nitrogen and oxygen atoms in total. The maximum absolute atomic E-state index is 13.4. The number of carbonyl (C=O) groups excluding carboxylic acids is 3. The minimum atomic E-state index is -1.75. The van der Waals surface area contributed by atoms with Gasteiger partial charge in [0.1, 0.15) is 18.1 Å². The molecule has 0 radical (unpaired) electrons. The zero-order valence-corrected chi connectivity index (χ0v) is 23.1. The van der Waals surface area contributed by atoms with Crippen LogP contribution in [0.2, 0.25) is 0 Å². The maximum atomic E-state index is 13.4. The Hall–Kier alpha value is -4.93. The van der Waals surface area contributed by atoms with Crippen LogP contribution >= 0.6 is 0 Å². The molecule has 0 aliphatic carbocycles. The van der Waals surface area contributed by atoms with Gasteiger partial charge in [0.15, 0.2) is 11.9 Å². The molecule has 0 bridgehead atoms. The summed E-state index contributed by atoms with van der Waals surface area (Å²) >= 11 is 0. The van der Waals surface area contributed by atoms with E-state index in [-0.39, 0.29) is 50.7 Å². The van der Waals surface area contributed by atoms with Gasteiger partial charge in [0, 0.05) is 19.5 Å². The lowest BCUT2D eigenvalue weighted by molar-refractivity contribution is -0.147. The van der Waals surface area contributed by atoms with Crippen LogP contribution in [0.15, 0.2) is 40.3 Å². The first-order valence-corrected chi connectivity index (χ1v) is 13.1. The van der Waals surface area contributed by atoms with Crippen LogP contribution in [0.4, 0.5) is 0 Å². The molecule has 42 heavy (non-hydrogen) atoms. The molecular formula is C25H40N10O7. The highest BCUT2D eigenvalue weighted by Gasteiger charge is 2.31. The van der Waals surface area contributed by atoms with Crippen molar-refractivity contribution < 1.29 is 34.2 Å². The predicted octanol–water partition coefficient (Wildman–Crippen LogP) is -3.32. The SMILES string of the molecule is NC(N)=NCCCC(N)C(=O)NC(Cc1ccccc1)C(=O)NC(CCCN=C(N)N)C(=O)NC(CC(=O)O)C(=O)O. The largest absolute Gasteiger partial charge is 0.481 e. The van der Waals surface area contributed by atoms with Gasteiger partial charge in [-0.15, -0.1) is 0 Å². The van der Waals surface area contributed by atoms with E-state index in [0.29, 0.717) is 12.0 Å². The Bertz CT molecular complexity index is 1120. The Morgan fingerprint density at radius 2 is 1.21 bits per heavy atom. The summed E-state index contributed by atoms with van der Waals surface area (Å²) in [4.78, 5) is 69.5. The predicted molar refractivity (Wildman–Crippen MR) is 154 cm³/mol. The lowest BCUT2D eigenvalue weighted by Crippen LogP contribution is -2.57. The Labute approximate surface area is 242 Å². The second kappa shape index (κ2) is 18.4. The number of guanidine groups is 2. The van der Waals surface area contributed by atoms with Crippen molar-refractivity contribution in [3.8, 4) is 0 Å². The number of carbonyl (C=O) groups is 5. The first-order valence-electron chi connectivity index (χ1n) is 13.1. The van der Waals surface area contributed by atoms with E-state index in [2.05, 4.69) is 25.9 Å². The summed E-state index contributed by atoms with van der Waals surface area (Å²) in [7, 11) is 0. The van der Waals surface area contributed by atoms with Gasteiger partial charge in [0.05, 0.1) is 12.5 Å². The van der Waals surface area contributed by atoms with Crippen molar-refractivity contribution >= 4 is 41.6 Å². The van der Waals surface area contributed by atoms with Gasteiger partial charge in [-0.2, -0.15) is 0 Å². The fourth-order valence-electron chi connectivity index (χ4n) is 3.68. The molecule has 0 saturated carbocycles. The molecule has 0 aliphatic rings. The summed E-state index contributed by atoms with van der Waals surface area (Å²) in [5.41, 5.74) is 27.9. The average Bonchev–Trinajstić information content (AvgIpc) is 2.91. The second-order valence-electron chi connectivity index (χ2n) is 9.31. The lowest BCUT2D eigenvalue weighted by atomic mass is 10.0. The molecule has 0 saturated heterocycles. The normalized spacial score (nSPS) is 13.4. The minimum Gasteiger partial charge on any atom is -0.481 e. The van der Waals surface area contributed by atoms with Gasteiger partial charge in [-0.25, -0.2) is 4.79 Å². The highest BCUT2D eigenvalue weighted by atomic mass is 16.4. The number of benzene rings is 1. The number of aliphatic imine (C=N–C) groups is 2. The minimum absolute atomic E-state index is 0.0376. The van der Waals surface area contributed by atoms with Crippen LogP contribution < -0.4 is 44.6 Å². The molecule has 0 fully saturated rings. The summed E-state index contributed by atoms with van der Waals surface area (Å²) < 4.78 is 0. The highest BCUT2D eigenvalue weighted by molar-refractivity contribution is 5.94. The monoisotopic (exact) mass is 592 g/mol. The van der Waals surface area contributed by atoms with Crippen LogP contribution in [0.25, 0.3) is 0 Å². The summed E-state index contributed by atoms with van der Waals surface area (Å²) in [6.07, 6.45) is -0.0610. The Morgan fingerprint density at radius 3 is 1.74 bits per heavy atom. The number of aliphatic carboxylic acids is 2. The molecule has 0 spiro atoms. The van der Waals surface area contributed by atoms with E-state index in [0.717, 1.165) is 0 Å². The zero-order chi connectivity index (χ0) is 31.7. The number of hydrogen-bond donors (Lipinski definition) is 10. The van der Waals surface area contributed by atoms with Crippen molar-refractivity contribution in [3.63, 3.8) is 0 Å². The Kier molecular flexibility index (Phi) is 15.4. The number of nitrogens with one attached hydrogen (secondary N) is 3. The first-order chi connectivity index (χ1) is 19.8. The van der Waals surface area contributed by atoms with Gasteiger partial charge < -0.3 is 54.8 Å². The van der Waals surface area contributed by atoms with E-state index in [1.54, 1.807) is 30.3 Å². The van der Waals surface area contributed by atoms with E-state index in [1.165, 1.54) is 0 Å². The summed E-state index contributed by atoms with van der Waals surface area (Å²) in [6, 6.07) is 3.52. The highest BCUT2D eigenvalue weighted by Crippen LogP contribution is 2.08. The quantitative estimate of drug-likeness (QED) is 0.0428. The van der Waals surface area contributed by atoms with Crippen LogP contribution in [0, 0.1) is 0 Å². The van der Waals surface area contributed by atoms with Crippen LogP contribution in [0.1, 0.15) is 37.7 Å². The van der Waals surface area contributed by atoms with Gasteiger partial charge >= 0.3 is 11.9 Å². The molecular weight excluding hydrogens is 552 g/mol. The van der Waals surface area contributed by atoms with Crippen LogP contribution in [-0.4, -0.2) is 89.0 Å². The fourth-order valence-corrected chi connectivity index (χ4v) is 3.68. The second-order valence-corrected chi connectivity index (χ2v) is 9.31. The molecule has 4 atom stereocenters. The fraction of sp³-hybridized carbons (Fsp3) is 0.480. The molecule has 0 aromatic heterocycles. The van der Waals surface area contributed by atoms with Gasteiger partial charge in [-0.3, -0.25) is 29.2 Å². The lowest BCUT2D eigenvalue weighted by Gasteiger charge is -2.25. The number of carboxylic acid groups (broad SMARTS) is 2. The average molecular weight is 593 g/mol. The molecule has 3 amide bonds. The topological polar surface area (TPSA) is 317 Å². The smallest absolute Gasteiger partial charge is 0.326 e. The molecule has 1 aromatic rings. The van der Waals surface area contributed by atoms with E-state index in [4.69, 9.17) is 33.8 Å². The molecule has 4 unspecified atom stereocenters. The van der Waals surface area contributed by atoms with E-state index in [1.807, 2.05) is 0 Å². The van der Waals surface area contributed by atoms with Crippen molar-refractivity contribution in [2.75, 3.05) is 13.1 Å². The number of nitrogens with zero attached hydrogens (tertiary/aromatic N) is 2. The standard InChI is InChI=1S/C25H40N10O7/c26-15(8-4-10-31-24(27)28)20(38)34-17(12-14-6-2-1-3-7-14)22(40)33-16(9-5-11-32-25(29)30)21(39)35-18(23(41)42)13-19(36)37/h1-3,6-7,15-18H,4-5,8-13,26H2,(H,33,40)(H,34,38)(H,35,39)(H,36,37)(H,41,42)(H4,27,28,31)(H4,29,30,32). The Balaban J connectivity index is 3.12. The van der Waals surface area contributed by atoms with Crippen molar-refractivity contribution in [1.29, 1.82) is 0 Å². The molecule has 232 valence electrons. The number of hydrogen-bond acceptors (Lipinski definition) is 8. The van der Waals surface area contributed by atoms with Crippen molar-refractivity contribution in [1.82, 2.24) is 16.0 Å². The number of nitrogens with two attached hydrogens (primary N) is 5. The summed E-state index contributed by atoms with van der Waals surface area (Å²) in [5.74, 6) is -5.63. The third-order valence-electron chi connectivity index (χ3n) is 5.79. The van der Waals surface area contributed by atoms with Crippen molar-refractivity contribution in [2.24, 2.45) is 38.7 Å². The number of carboxylic acids is 2. The zero-order valence-electron chi connectivity index (χ0n) is 23.1. The van der Waals surface area contributed by atoms with E-state index < -0.39 is 60.2 Å². The maximum Gasteiger partial charge on any atom is 0.326 e. The van der Waals surface area contributed by atoms with Crippen molar-refractivity contribution in [3.05, 3.63) is 35.9 Å². The van der Waals surface area contributed by atoms with Gasteiger partial charge in [0.25, 0.3) is 0 Å². The summed E-state index contributed by atoms with van der Waals surface area (Å²) in [5, 5.41) is 25.6. The van der Waals surface area contributed by atoms with Crippen LogP contribution in [-0.2, 0) is 30.4 Å². The number of amides is 3. The molecule has 0 heterocycles. The third kappa shape index (κ3) is 14.5. The number of rotatable bonds is 19. The van der Waals surface area contributed by atoms with Crippen molar-refractivity contribution in [2.45, 2.75) is 62.7 Å². The van der Waals surface area contributed by atoms with Crippen LogP contribution in [0.5, 0.6) is 0 Å². The third-order valence-corrected chi connectivity index (χ3v) is 5.79. The molecule has 1 rings (SSSR count).